The predicted molar refractivity (Wildman–Crippen MR) is 82.0 cm³/mol. The summed E-state index contributed by atoms with van der Waals surface area (Å²) in [5.74, 6) is 2.66. The second kappa shape index (κ2) is 5.68. The molecule has 110 valence electrons. The van der Waals surface area contributed by atoms with Gasteiger partial charge in [0.05, 0.1) is 0 Å². The molecule has 2 aliphatic rings. The molecule has 2 saturated carbocycles. The molecule has 4 nitrogen and oxygen atoms in total. The third-order valence-electron chi connectivity index (χ3n) is 4.58. The first-order chi connectivity index (χ1) is 9.67. The Kier molecular flexibility index (Phi) is 3.92. The van der Waals surface area contributed by atoms with Gasteiger partial charge in [0.15, 0.2) is 0 Å². The van der Waals surface area contributed by atoms with E-state index < -0.39 is 0 Å². The third-order valence-corrected chi connectivity index (χ3v) is 4.58. The Bertz CT molecular complexity index is 448. The van der Waals surface area contributed by atoms with Crippen molar-refractivity contribution in [3.63, 3.8) is 0 Å². The highest BCUT2D eigenvalue weighted by molar-refractivity contribution is 5.34. The van der Waals surface area contributed by atoms with Gasteiger partial charge < -0.3 is 10.2 Å². The zero-order chi connectivity index (χ0) is 14.0. The molecule has 1 aromatic rings. The molecule has 0 aliphatic heterocycles. The Balaban J connectivity index is 1.63. The Labute approximate surface area is 122 Å². The largest absolute Gasteiger partial charge is 0.369 e. The van der Waals surface area contributed by atoms with Gasteiger partial charge in [-0.25, -0.2) is 9.97 Å². The van der Waals surface area contributed by atoms with Crippen molar-refractivity contribution in [2.45, 2.75) is 44.4 Å². The molecule has 4 heteroatoms. The molecule has 2 fully saturated rings. The van der Waals surface area contributed by atoms with Gasteiger partial charge in [0.25, 0.3) is 0 Å². The summed E-state index contributed by atoms with van der Waals surface area (Å²) < 4.78 is 0. The first-order valence-corrected chi connectivity index (χ1v) is 7.88. The molecule has 0 unspecified atom stereocenters. The summed E-state index contributed by atoms with van der Waals surface area (Å²) in [7, 11) is 4.35. The number of hydrogen-bond donors (Lipinski definition) is 1. The molecule has 0 bridgehead atoms. The number of hydrogen-bond acceptors (Lipinski definition) is 4. The van der Waals surface area contributed by atoms with Gasteiger partial charge in [-0.15, -0.1) is 0 Å². The van der Waals surface area contributed by atoms with Gasteiger partial charge in [0, 0.05) is 30.6 Å². The molecular formula is C16H26N4. The molecule has 3 rings (SSSR count). The standard InChI is InChI=1S/C16H26N4/c1-20(2)12-16(8-3-4-9-16)11-18-14-7-10-17-15(19-14)13-5-6-13/h7,10,13H,3-6,8-9,11-12H2,1-2H3,(H,17,18,19). The van der Waals surface area contributed by atoms with Crippen molar-refractivity contribution in [1.29, 1.82) is 0 Å². The molecule has 0 amide bonds. The summed E-state index contributed by atoms with van der Waals surface area (Å²) in [4.78, 5) is 11.4. The van der Waals surface area contributed by atoms with E-state index in [1.165, 1.54) is 45.1 Å². The second-order valence-electron chi connectivity index (χ2n) is 6.87. The Morgan fingerprint density at radius 2 is 2.05 bits per heavy atom. The van der Waals surface area contributed by atoms with Crippen LogP contribution in [0.15, 0.2) is 12.3 Å². The molecule has 20 heavy (non-hydrogen) atoms. The minimum Gasteiger partial charge on any atom is -0.369 e. The van der Waals surface area contributed by atoms with E-state index in [2.05, 4.69) is 34.3 Å². The molecule has 1 N–H and O–H groups in total. The van der Waals surface area contributed by atoms with E-state index >= 15 is 0 Å². The van der Waals surface area contributed by atoms with Crippen LogP contribution in [0.4, 0.5) is 5.82 Å². The Morgan fingerprint density at radius 3 is 2.70 bits per heavy atom. The average molecular weight is 274 g/mol. The van der Waals surface area contributed by atoms with Crippen molar-refractivity contribution < 1.29 is 0 Å². The maximum atomic E-state index is 4.67. The fraction of sp³-hybridized carbons (Fsp3) is 0.750. The van der Waals surface area contributed by atoms with E-state index in [0.717, 1.165) is 18.2 Å². The second-order valence-corrected chi connectivity index (χ2v) is 6.87. The minimum absolute atomic E-state index is 0.425. The molecule has 1 aromatic heterocycles. The van der Waals surface area contributed by atoms with Crippen molar-refractivity contribution >= 4 is 5.82 Å². The van der Waals surface area contributed by atoms with E-state index in [9.17, 15) is 0 Å². The van der Waals surface area contributed by atoms with Crippen LogP contribution in [-0.2, 0) is 0 Å². The lowest BCUT2D eigenvalue weighted by atomic mass is 9.85. The van der Waals surface area contributed by atoms with Crippen molar-refractivity contribution in [1.82, 2.24) is 14.9 Å². The van der Waals surface area contributed by atoms with Crippen LogP contribution in [0.3, 0.4) is 0 Å². The topological polar surface area (TPSA) is 41.0 Å². The van der Waals surface area contributed by atoms with Crippen LogP contribution >= 0.6 is 0 Å². The van der Waals surface area contributed by atoms with Crippen LogP contribution in [0.2, 0.25) is 0 Å². The SMILES string of the molecule is CN(C)CC1(CNc2ccnc(C3CC3)n2)CCCC1. The van der Waals surface area contributed by atoms with E-state index in [-0.39, 0.29) is 0 Å². The lowest BCUT2D eigenvalue weighted by Gasteiger charge is -2.32. The number of nitrogens with one attached hydrogen (secondary N) is 1. The number of nitrogens with zero attached hydrogens (tertiary/aromatic N) is 3. The number of aromatic nitrogens is 2. The summed E-state index contributed by atoms with van der Waals surface area (Å²) in [5, 5.41) is 3.58. The molecule has 0 radical (unpaired) electrons. The van der Waals surface area contributed by atoms with Crippen LogP contribution in [-0.4, -0.2) is 42.1 Å². The first-order valence-electron chi connectivity index (χ1n) is 7.88. The van der Waals surface area contributed by atoms with Crippen LogP contribution in [0.1, 0.15) is 50.3 Å². The van der Waals surface area contributed by atoms with Gasteiger partial charge in [-0.05, 0) is 45.8 Å². The van der Waals surface area contributed by atoms with Crippen LogP contribution in [0, 0.1) is 5.41 Å². The summed E-state index contributed by atoms with van der Waals surface area (Å²) in [6.07, 6.45) is 9.81. The summed E-state index contributed by atoms with van der Waals surface area (Å²) in [5.41, 5.74) is 0.425. The van der Waals surface area contributed by atoms with Gasteiger partial charge in [0.2, 0.25) is 0 Å². The zero-order valence-corrected chi connectivity index (χ0v) is 12.7. The van der Waals surface area contributed by atoms with E-state index in [1.807, 2.05) is 12.3 Å². The highest BCUT2D eigenvalue weighted by atomic mass is 15.1. The van der Waals surface area contributed by atoms with E-state index in [0.29, 0.717) is 11.3 Å². The van der Waals surface area contributed by atoms with Gasteiger partial charge in [-0.2, -0.15) is 0 Å². The monoisotopic (exact) mass is 274 g/mol. The summed E-state index contributed by atoms with van der Waals surface area (Å²) in [6, 6.07) is 2.00. The van der Waals surface area contributed by atoms with Crippen LogP contribution in [0.25, 0.3) is 0 Å². The van der Waals surface area contributed by atoms with Gasteiger partial charge >= 0.3 is 0 Å². The molecule has 0 atom stereocenters. The lowest BCUT2D eigenvalue weighted by molar-refractivity contribution is 0.215. The third kappa shape index (κ3) is 3.29. The number of rotatable bonds is 6. The van der Waals surface area contributed by atoms with Gasteiger partial charge in [0.1, 0.15) is 11.6 Å². The van der Waals surface area contributed by atoms with E-state index in [4.69, 9.17) is 0 Å². The smallest absolute Gasteiger partial charge is 0.133 e. The highest BCUT2D eigenvalue weighted by Crippen LogP contribution is 2.39. The van der Waals surface area contributed by atoms with Crippen molar-refractivity contribution in [3.05, 3.63) is 18.1 Å². The van der Waals surface area contributed by atoms with Crippen LogP contribution in [0.5, 0.6) is 0 Å². The number of anilines is 1. The fourth-order valence-electron chi connectivity index (χ4n) is 3.48. The predicted octanol–water partition coefficient (Wildman–Crippen LogP) is 2.89. The Hall–Kier alpha value is -1.16. The minimum atomic E-state index is 0.425. The summed E-state index contributed by atoms with van der Waals surface area (Å²) in [6.45, 7) is 2.20. The Morgan fingerprint density at radius 1 is 1.30 bits per heavy atom. The molecule has 0 saturated heterocycles. The molecular weight excluding hydrogens is 248 g/mol. The van der Waals surface area contributed by atoms with E-state index in [1.54, 1.807) is 0 Å². The molecule has 0 aromatic carbocycles. The summed E-state index contributed by atoms with van der Waals surface area (Å²) >= 11 is 0. The quantitative estimate of drug-likeness (QED) is 0.866. The van der Waals surface area contributed by atoms with Crippen molar-refractivity contribution in [2.24, 2.45) is 5.41 Å². The van der Waals surface area contributed by atoms with Crippen LogP contribution < -0.4 is 5.32 Å². The van der Waals surface area contributed by atoms with Crippen molar-refractivity contribution in [2.75, 3.05) is 32.5 Å². The van der Waals surface area contributed by atoms with Gasteiger partial charge in [-0.3, -0.25) is 0 Å². The zero-order valence-electron chi connectivity index (χ0n) is 12.7. The van der Waals surface area contributed by atoms with Crippen molar-refractivity contribution in [3.8, 4) is 0 Å². The lowest BCUT2D eigenvalue weighted by Crippen LogP contribution is -2.37. The molecule has 1 heterocycles. The molecule has 0 spiro atoms. The fourth-order valence-corrected chi connectivity index (χ4v) is 3.48. The van der Waals surface area contributed by atoms with Gasteiger partial charge in [-0.1, -0.05) is 12.8 Å². The maximum Gasteiger partial charge on any atom is 0.133 e. The molecule has 2 aliphatic carbocycles. The maximum absolute atomic E-state index is 4.67. The first kappa shape index (κ1) is 13.8. The average Bonchev–Trinajstić information content (AvgIpc) is 3.18. The highest BCUT2D eigenvalue weighted by Gasteiger charge is 2.34. The normalized spacial score (nSPS) is 21.4.